The number of rotatable bonds is 6. The Labute approximate surface area is 168 Å². The molecule has 0 spiro atoms. The van der Waals surface area contributed by atoms with Gasteiger partial charge >= 0.3 is 0 Å². The van der Waals surface area contributed by atoms with Crippen molar-refractivity contribution in [2.75, 3.05) is 34.3 Å². The molecule has 0 aliphatic carbocycles. The second kappa shape index (κ2) is 8.45. The average Bonchev–Trinajstić information content (AvgIpc) is 2.97. The summed E-state index contributed by atoms with van der Waals surface area (Å²) in [7, 11) is 5.42. The molecule has 29 heavy (non-hydrogen) atoms. The number of quaternary nitrogens is 1. The Balaban J connectivity index is 2.11. The maximum Gasteiger partial charge on any atom is 0.295 e. The lowest BCUT2D eigenvalue weighted by atomic mass is 9.95. The van der Waals surface area contributed by atoms with E-state index in [0.29, 0.717) is 30.0 Å². The van der Waals surface area contributed by atoms with Crippen molar-refractivity contribution in [3.63, 3.8) is 0 Å². The van der Waals surface area contributed by atoms with E-state index in [2.05, 4.69) is 0 Å². The smallest absolute Gasteiger partial charge is 0.295 e. The van der Waals surface area contributed by atoms with E-state index >= 15 is 0 Å². The van der Waals surface area contributed by atoms with E-state index in [1.807, 2.05) is 14.1 Å². The van der Waals surface area contributed by atoms with Crippen molar-refractivity contribution in [3.05, 3.63) is 71.0 Å². The molecule has 1 saturated heterocycles. The first kappa shape index (κ1) is 20.5. The maximum absolute atomic E-state index is 13.4. The highest BCUT2D eigenvalue weighted by atomic mass is 19.1. The summed E-state index contributed by atoms with van der Waals surface area (Å²) in [5.74, 6) is -1.50. The lowest BCUT2D eigenvalue weighted by Crippen LogP contribution is -3.06. The van der Waals surface area contributed by atoms with Gasteiger partial charge in [0.15, 0.2) is 0 Å². The quantitative estimate of drug-likeness (QED) is 0.438. The molecule has 1 atom stereocenters. The van der Waals surface area contributed by atoms with E-state index in [9.17, 15) is 19.1 Å². The lowest BCUT2D eigenvalue weighted by molar-refractivity contribution is -0.857. The highest BCUT2D eigenvalue weighted by Crippen LogP contribution is 2.39. The van der Waals surface area contributed by atoms with Crippen LogP contribution in [0.5, 0.6) is 5.75 Å². The van der Waals surface area contributed by atoms with Crippen LogP contribution >= 0.6 is 0 Å². The molecule has 1 aliphatic heterocycles. The van der Waals surface area contributed by atoms with Crippen molar-refractivity contribution >= 4 is 17.4 Å². The normalized spacial score (nSPS) is 18.5. The van der Waals surface area contributed by atoms with Crippen molar-refractivity contribution in [2.24, 2.45) is 0 Å². The minimum Gasteiger partial charge on any atom is -0.507 e. The summed E-state index contributed by atoms with van der Waals surface area (Å²) in [4.78, 5) is 28.1. The second-order valence-corrected chi connectivity index (χ2v) is 7.23. The van der Waals surface area contributed by atoms with Crippen molar-refractivity contribution in [1.82, 2.24) is 4.90 Å². The molecule has 7 heteroatoms. The Hall–Kier alpha value is -3.19. The number of likely N-dealkylation sites (tertiary alicyclic amines) is 1. The summed E-state index contributed by atoms with van der Waals surface area (Å²) >= 11 is 0. The molecular weight excluding hydrogens is 375 g/mol. The topological polar surface area (TPSA) is 71.3 Å². The van der Waals surface area contributed by atoms with Gasteiger partial charge in [-0.15, -0.1) is 0 Å². The first-order valence-electron chi connectivity index (χ1n) is 9.30. The maximum atomic E-state index is 13.4. The van der Waals surface area contributed by atoms with Gasteiger partial charge in [0.1, 0.15) is 17.3 Å². The van der Waals surface area contributed by atoms with Gasteiger partial charge in [-0.25, -0.2) is 4.39 Å². The zero-order valence-electron chi connectivity index (χ0n) is 16.6. The monoisotopic (exact) mass is 399 g/mol. The number of hydrogen-bond donors (Lipinski definition) is 2. The fourth-order valence-corrected chi connectivity index (χ4v) is 3.35. The average molecular weight is 399 g/mol. The number of Topliss-reactive ketones (excluding diaryl/α,β-unsaturated/α-hetero) is 1. The predicted molar refractivity (Wildman–Crippen MR) is 106 cm³/mol. The van der Waals surface area contributed by atoms with E-state index in [4.69, 9.17) is 4.74 Å². The first-order valence-corrected chi connectivity index (χ1v) is 9.30. The van der Waals surface area contributed by atoms with Gasteiger partial charge in [-0.2, -0.15) is 0 Å². The molecule has 1 amide bonds. The van der Waals surface area contributed by atoms with Crippen LogP contribution in [-0.2, 0) is 9.59 Å². The minimum atomic E-state index is -0.781. The number of hydrogen-bond acceptors (Lipinski definition) is 4. The number of ketones is 1. The van der Waals surface area contributed by atoms with Crippen LogP contribution in [0.1, 0.15) is 17.2 Å². The molecule has 3 rings (SSSR count). The molecule has 0 saturated carbocycles. The Kier molecular flexibility index (Phi) is 5.98. The van der Waals surface area contributed by atoms with Crippen LogP contribution in [0.2, 0.25) is 0 Å². The van der Waals surface area contributed by atoms with Crippen LogP contribution in [0.3, 0.4) is 0 Å². The molecule has 0 aromatic heterocycles. The molecule has 152 valence electrons. The summed E-state index contributed by atoms with van der Waals surface area (Å²) in [5, 5.41) is 10.9. The molecule has 2 aromatic carbocycles. The van der Waals surface area contributed by atoms with Gasteiger partial charge in [0.05, 0.1) is 45.9 Å². The van der Waals surface area contributed by atoms with Crippen LogP contribution in [0.15, 0.2) is 54.1 Å². The number of nitrogens with zero attached hydrogens (tertiary/aromatic N) is 1. The number of carbonyl (C=O) groups excluding carboxylic acids is 2. The van der Waals surface area contributed by atoms with Gasteiger partial charge in [0, 0.05) is 5.56 Å². The van der Waals surface area contributed by atoms with E-state index < -0.39 is 23.5 Å². The van der Waals surface area contributed by atoms with Gasteiger partial charge in [-0.05, 0) is 42.0 Å². The fraction of sp³-hybridized carbons (Fsp3) is 0.273. The van der Waals surface area contributed by atoms with Crippen LogP contribution in [-0.4, -0.2) is 56.0 Å². The molecule has 6 nitrogen and oxygen atoms in total. The number of likely N-dealkylation sites (N-methyl/N-ethyl adjacent to an activating group) is 1. The third-order valence-electron chi connectivity index (χ3n) is 4.94. The highest BCUT2D eigenvalue weighted by molar-refractivity contribution is 6.46. The van der Waals surface area contributed by atoms with Gasteiger partial charge in [0.25, 0.3) is 11.7 Å². The van der Waals surface area contributed by atoms with E-state index in [1.165, 1.54) is 36.3 Å². The Morgan fingerprint density at radius 2 is 1.72 bits per heavy atom. The summed E-state index contributed by atoms with van der Waals surface area (Å²) in [6.07, 6.45) is 0. The number of methoxy groups -OCH3 is 1. The predicted octanol–water partition coefficient (Wildman–Crippen LogP) is 1.40. The van der Waals surface area contributed by atoms with Crippen molar-refractivity contribution < 1.29 is 28.7 Å². The number of amides is 1. The van der Waals surface area contributed by atoms with E-state index in [-0.39, 0.29) is 11.3 Å². The molecule has 2 N–H and O–H groups in total. The zero-order valence-corrected chi connectivity index (χ0v) is 16.6. The SMILES string of the molecule is COc1ccc(C(O)=C2C(=O)C(=O)N(CC[NH+](C)C)[C@@H]2c2ccc(F)cc2)cc1. The highest BCUT2D eigenvalue weighted by Gasteiger charge is 2.46. The Morgan fingerprint density at radius 1 is 1.10 bits per heavy atom. The minimum absolute atomic E-state index is 0.000492. The van der Waals surface area contributed by atoms with Crippen LogP contribution in [0, 0.1) is 5.82 Å². The number of ether oxygens (including phenoxy) is 1. The fourth-order valence-electron chi connectivity index (χ4n) is 3.35. The molecule has 1 fully saturated rings. The van der Waals surface area contributed by atoms with Gasteiger partial charge in [-0.3, -0.25) is 9.59 Å². The molecule has 2 aromatic rings. The summed E-state index contributed by atoms with van der Waals surface area (Å²) in [6, 6.07) is 11.4. The molecule has 1 aliphatic rings. The standard InChI is InChI=1S/C22H23FN2O4/c1-24(2)12-13-25-19(14-4-8-16(23)9-5-14)18(21(27)22(25)28)20(26)15-6-10-17(29-3)11-7-15/h4-11,19,26H,12-13H2,1-3H3/p+1/t19-/m1/s1. The number of benzene rings is 2. The molecule has 0 bridgehead atoms. The Morgan fingerprint density at radius 3 is 2.28 bits per heavy atom. The number of carbonyl (C=O) groups is 2. The number of nitrogens with one attached hydrogen (secondary N) is 1. The van der Waals surface area contributed by atoms with Crippen molar-refractivity contribution in [1.29, 1.82) is 0 Å². The molecule has 0 unspecified atom stereocenters. The van der Waals surface area contributed by atoms with Gasteiger partial charge < -0.3 is 19.6 Å². The van der Waals surface area contributed by atoms with Crippen LogP contribution < -0.4 is 9.64 Å². The number of aliphatic hydroxyl groups excluding tert-OH is 1. The van der Waals surface area contributed by atoms with Gasteiger partial charge in [0.2, 0.25) is 0 Å². The summed E-state index contributed by atoms with van der Waals surface area (Å²) < 4.78 is 18.6. The van der Waals surface area contributed by atoms with Crippen LogP contribution in [0.4, 0.5) is 4.39 Å². The van der Waals surface area contributed by atoms with E-state index in [0.717, 1.165) is 4.90 Å². The van der Waals surface area contributed by atoms with E-state index in [1.54, 1.807) is 24.3 Å². The third-order valence-corrected chi connectivity index (χ3v) is 4.94. The Bertz CT molecular complexity index is 936. The number of halogens is 1. The van der Waals surface area contributed by atoms with Crippen LogP contribution in [0.25, 0.3) is 5.76 Å². The van der Waals surface area contributed by atoms with Gasteiger partial charge in [-0.1, -0.05) is 12.1 Å². The molecule has 1 heterocycles. The lowest BCUT2D eigenvalue weighted by Gasteiger charge is -2.25. The summed E-state index contributed by atoms with van der Waals surface area (Å²) in [6.45, 7) is 0.946. The zero-order chi connectivity index (χ0) is 21.1. The molecule has 0 radical (unpaired) electrons. The second-order valence-electron chi connectivity index (χ2n) is 7.23. The first-order chi connectivity index (χ1) is 13.8. The van der Waals surface area contributed by atoms with Crippen molar-refractivity contribution in [3.8, 4) is 5.75 Å². The molecular formula is C22H24FN2O4+. The number of aliphatic hydroxyl groups is 1. The third kappa shape index (κ3) is 4.14. The largest absolute Gasteiger partial charge is 0.507 e. The van der Waals surface area contributed by atoms with Crippen molar-refractivity contribution in [2.45, 2.75) is 6.04 Å². The summed E-state index contributed by atoms with van der Waals surface area (Å²) in [5.41, 5.74) is 0.962.